The lowest BCUT2D eigenvalue weighted by atomic mass is 9.77. The Bertz CT molecular complexity index is 171. The first-order valence-electron chi connectivity index (χ1n) is 5.95. The van der Waals surface area contributed by atoms with Crippen LogP contribution in [0.4, 0.5) is 0 Å². The molecule has 1 atom stereocenters. The van der Waals surface area contributed by atoms with Crippen molar-refractivity contribution in [2.24, 2.45) is 11.8 Å². The summed E-state index contributed by atoms with van der Waals surface area (Å²) in [6, 6.07) is 0. The van der Waals surface area contributed by atoms with E-state index in [-0.39, 0.29) is 0 Å². The Morgan fingerprint density at radius 1 is 1.36 bits per heavy atom. The van der Waals surface area contributed by atoms with Gasteiger partial charge in [-0.3, -0.25) is 4.79 Å². The van der Waals surface area contributed by atoms with Crippen LogP contribution in [0.3, 0.4) is 0 Å². The lowest BCUT2D eigenvalue weighted by Gasteiger charge is -2.29. The lowest BCUT2D eigenvalue weighted by Crippen LogP contribution is -2.20. The average Bonchev–Trinajstić information content (AvgIpc) is 2.18. The Morgan fingerprint density at radius 2 is 2.00 bits per heavy atom. The van der Waals surface area contributed by atoms with E-state index in [4.69, 9.17) is 5.11 Å². The summed E-state index contributed by atoms with van der Waals surface area (Å²) >= 11 is 0. The lowest BCUT2D eigenvalue weighted by molar-refractivity contribution is -0.138. The zero-order valence-electron chi connectivity index (χ0n) is 9.17. The van der Waals surface area contributed by atoms with Crippen LogP contribution in [0.1, 0.15) is 58.3 Å². The zero-order valence-corrected chi connectivity index (χ0v) is 9.17. The third-order valence-electron chi connectivity index (χ3n) is 3.41. The predicted molar refractivity (Wildman–Crippen MR) is 57.2 cm³/mol. The molecule has 0 unspecified atom stereocenters. The number of carbonyl (C=O) groups is 1. The molecule has 82 valence electrons. The number of carboxylic acids is 1. The molecular weight excluding hydrogens is 176 g/mol. The summed E-state index contributed by atoms with van der Waals surface area (Å²) in [5, 5.41) is 8.84. The Balaban J connectivity index is 2.42. The van der Waals surface area contributed by atoms with Gasteiger partial charge in [-0.15, -0.1) is 0 Å². The van der Waals surface area contributed by atoms with E-state index in [1.165, 1.54) is 32.1 Å². The van der Waals surface area contributed by atoms with E-state index in [0.717, 1.165) is 12.8 Å². The van der Waals surface area contributed by atoms with Crippen molar-refractivity contribution in [1.82, 2.24) is 0 Å². The zero-order chi connectivity index (χ0) is 10.4. The summed E-state index contributed by atoms with van der Waals surface area (Å²) in [7, 11) is 0. The van der Waals surface area contributed by atoms with Crippen LogP contribution in [0, 0.1) is 11.8 Å². The van der Waals surface area contributed by atoms with Crippen LogP contribution in [-0.2, 0) is 4.79 Å². The number of hydrogen-bond acceptors (Lipinski definition) is 1. The fourth-order valence-electron chi connectivity index (χ4n) is 2.71. The standard InChI is InChI=1S/C12H22O2/c1-2-6-11(9-12(13)14)10-7-4-3-5-8-10/h10-11H,2-9H2,1H3,(H,13,14)/t11-/m0/s1. The highest BCUT2D eigenvalue weighted by Gasteiger charge is 2.24. The number of rotatable bonds is 5. The molecule has 1 fully saturated rings. The predicted octanol–water partition coefficient (Wildman–Crippen LogP) is 3.46. The maximum absolute atomic E-state index is 10.7. The van der Waals surface area contributed by atoms with Crippen LogP contribution in [0.15, 0.2) is 0 Å². The van der Waals surface area contributed by atoms with Crippen molar-refractivity contribution >= 4 is 5.97 Å². The highest BCUT2D eigenvalue weighted by atomic mass is 16.4. The monoisotopic (exact) mass is 198 g/mol. The highest BCUT2D eigenvalue weighted by Crippen LogP contribution is 2.34. The summed E-state index contributed by atoms with van der Waals surface area (Å²) in [5.41, 5.74) is 0. The summed E-state index contributed by atoms with van der Waals surface area (Å²) < 4.78 is 0. The van der Waals surface area contributed by atoms with Gasteiger partial charge in [0.25, 0.3) is 0 Å². The smallest absolute Gasteiger partial charge is 0.303 e. The van der Waals surface area contributed by atoms with Crippen molar-refractivity contribution in [2.45, 2.75) is 58.3 Å². The minimum atomic E-state index is -0.617. The summed E-state index contributed by atoms with van der Waals surface area (Å²) in [6.07, 6.45) is 9.09. The minimum Gasteiger partial charge on any atom is -0.481 e. The van der Waals surface area contributed by atoms with Gasteiger partial charge < -0.3 is 5.11 Å². The Morgan fingerprint density at radius 3 is 2.50 bits per heavy atom. The van der Waals surface area contributed by atoms with Crippen molar-refractivity contribution in [2.75, 3.05) is 0 Å². The maximum atomic E-state index is 10.7. The summed E-state index contributed by atoms with van der Waals surface area (Å²) in [4.78, 5) is 10.7. The van der Waals surface area contributed by atoms with E-state index in [9.17, 15) is 4.79 Å². The molecule has 2 nitrogen and oxygen atoms in total. The topological polar surface area (TPSA) is 37.3 Å². The SMILES string of the molecule is CCC[C@@H](CC(=O)O)C1CCCCC1. The first-order chi connectivity index (χ1) is 6.74. The Hall–Kier alpha value is -0.530. The molecule has 1 saturated carbocycles. The third-order valence-corrected chi connectivity index (χ3v) is 3.41. The van der Waals surface area contributed by atoms with Gasteiger partial charge in [0.2, 0.25) is 0 Å². The molecule has 0 radical (unpaired) electrons. The summed E-state index contributed by atoms with van der Waals surface area (Å²) in [5.74, 6) is 0.520. The number of hydrogen-bond donors (Lipinski definition) is 1. The Kier molecular flexibility index (Phi) is 4.99. The van der Waals surface area contributed by atoms with Crippen molar-refractivity contribution in [3.05, 3.63) is 0 Å². The van der Waals surface area contributed by atoms with Gasteiger partial charge in [-0.05, 0) is 18.3 Å². The molecule has 1 N–H and O–H groups in total. The van der Waals surface area contributed by atoms with Gasteiger partial charge >= 0.3 is 5.97 Å². The molecule has 0 aliphatic heterocycles. The van der Waals surface area contributed by atoms with Crippen molar-refractivity contribution in [3.63, 3.8) is 0 Å². The molecule has 0 aromatic carbocycles. The van der Waals surface area contributed by atoms with Gasteiger partial charge in [-0.2, -0.15) is 0 Å². The second-order valence-electron chi connectivity index (χ2n) is 4.54. The molecule has 1 aliphatic rings. The van der Waals surface area contributed by atoms with Gasteiger partial charge in [0.05, 0.1) is 0 Å². The van der Waals surface area contributed by atoms with Gasteiger partial charge in [0.1, 0.15) is 0 Å². The fourth-order valence-corrected chi connectivity index (χ4v) is 2.71. The molecule has 0 aromatic heterocycles. The molecule has 0 saturated heterocycles. The van der Waals surface area contributed by atoms with Crippen LogP contribution >= 0.6 is 0 Å². The molecule has 1 aliphatic carbocycles. The molecule has 0 heterocycles. The number of carboxylic acid groups (broad SMARTS) is 1. The van der Waals surface area contributed by atoms with Gasteiger partial charge in [-0.1, -0.05) is 45.4 Å². The quantitative estimate of drug-likeness (QED) is 0.734. The Labute approximate surface area is 86.7 Å². The second-order valence-corrected chi connectivity index (χ2v) is 4.54. The van der Waals surface area contributed by atoms with Crippen LogP contribution in [-0.4, -0.2) is 11.1 Å². The molecule has 0 bridgehead atoms. The normalized spacial score (nSPS) is 20.6. The maximum Gasteiger partial charge on any atom is 0.303 e. The van der Waals surface area contributed by atoms with E-state index in [0.29, 0.717) is 18.3 Å². The molecule has 0 aromatic rings. The molecule has 0 spiro atoms. The minimum absolute atomic E-state index is 0.387. The van der Waals surface area contributed by atoms with E-state index in [1.54, 1.807) is 0 Å². The van der Waals surface area contributed by atoms with Crippen molar-refractivity contribution in [1.29, 1.82) is 0 Å². The average molecular weight is 198 g/mol. The van der Waals surface area contributed by atoms with Crippen LogP contribution in [0.5, 0.6) is 0 Å². The fraction of sp³-hybridized carbons (Fsp3) is 0.917. The molecule has 2 heteroatoms. The molecule has 14 heavy (non-hydrogen) atoms. The van der Waals surface area contributed by atoms with E-state index in [1.807, 2.05) is 0 Å². The number of aliphatic carboxylic acids is 1. The van der Waals surface area contributed by atoms with E-state index >= 15 is 0 Å². The summed E-state index contributed by atoms with van der Waals surface area (Å²) in [6.45, 7) is 2.15. The van der Waals surface area contributed by atoms with Gasteiger partial charge in [0, 0.05) is 6.42 Å². The van der Waals surface area contributed by atoms with Crippen molar-refractivity contribution < 1.29 is 9.90 Å². The molecule has 0 amide bonds. The van der Waals surface area contributed by atoms with Crippen molar-refractivity contribution in [3.8, 4) is 0 Å². The molecule has 1 rings (SSSR count). The van der Waals surface area contributed by atoms with Gasteiger partial charge in [-0.25, -0.2) is 0 Å². The first kappa shape index (κ1) is 11.5. The van der Waals surface area contributed by atoms with Gasteiger partial charge in [0.15, 0.2) is 0 Å². The van der Waals surface area contributed by atoms with Crippen LogP contribution in [0.25, 0.3) is 0 Å². The molecular formula is C12H22O2. The van der Waals surface area contributed by atoms with Crippen LogP contribution in [0.2, 0.25) is 0 Å². The first-order valence-corrected chi connectivity index (χ1v) is 5.95. The third kappa shape index (κ3) is 3.69. The largest absolute Gasteiger partial charge is 0.481 e. The van der Waals surface area contributed by atoms with E-state index in [2.05, 4.69) is 6.92 Å². The van der Waals surface area contributed by atoms with Crippen LogP contribution < -0.4 is 0 Å². The highest BCUT2D eigenvalue weighted by molar-refractivity contribution is 5.67. The second kappa shape index (κ2) is 6.05. The van der Waals surface area contributed by atoms with E-state index < -0.39 is 5.97 Å².